The number of fused-ring (bicyclic) bond motifs is 2. The van der Waals surface area contributed by atoms with E-state index in [1.54, 1.807) is 6.08 Å². The molecule has 6 atom stereocenters. The third-order valence-electron chi connectivity index (χ3n) is 9.63. The average Bonchev–Trinajstić information content (AvgIpc) is 3.08. The van der Waals surface area contributed by atoms with Crippen LogP contribution in [0.5, 0.6) is 11.5 Å². The van der Waals surface area contributed by atoms with Gasteiger partial charge in [-0.2, -0.15) is 11.8 Å². The van der Waals surface area contributed by atoms with Crippen LogP contribution in [-0.4, -0.2) is 64.1 Å². The highest BCUT2D eigenvalue weighted by molar-refractivity contribution is 8.00. The Morgan fingerprint density at radius 3 is 2.64 bits per heavy atom. The van der Waals surface area contributed by atoms with E-state index in [9.17, 15) is 10.2 Å². The molecule has 1 fully saturated rings. The fourth-order valence-electron chi connectivity index (χ4n) is 7.75. The number of unbranched alkanes of at least 4 members (excludes halogenated alkanes) is 2. The van der Waals surface area contributed by atoms with Gasteiger partial charge in [-0.3, -0.25) is 4.98 Å². The number of pyridine rings is 1. The number of allylic oxidation sites excluding steroid dienone is 1. The van der Waals surface area contributed by atoms with Crippen LogP contribution in [-0.2, 0) is 16.2 Å². The van der Waals surface area contributed by atoms with Crippen molar-refractivity contribution in [1.29, 1.82) is 0 Å². The van der Waals surface area contributed by atoms with Crippen LogP contribution >= 0.6 is 11.8 Å². The Balaban J connectivity index is 1.66. The molecule has 9 heteroatoms. The molecule has 2 heterocycles. The lowest BCUT2D eigenvalue weighted by Gasteiger charge is -2.58. The van der Waals surface area contributed by atoms with Gasteiger partial charge in [-0.05, 0) is 93.0 Å². The zero-order chi connectivity index (χ0) is 33.2. The van der Waals surface area contributed by atoms with Crippen molar-refractivity contribution in [1.82, 2.24) is 4.98 Å². The maximum atomic E-state index is 9.77. The molecule has 3 aliphatic rings. The van der Waals surface area contributed by atoms with E-state index in [1.165, 1.54) is 0 Å². The van der Waals surface area contributed by atoms with E-state index >= 15 is 0 Å². The molecule has 8 nitrogen and oxygen atoms in total. The summed E-state index contributed by atoms with van der Waals surface area (Å²) in [4.78, 5) is 10.4. The number of aliphatic hydroxyl groups excluding tert-OH is 2. The zero-order valence-corrected chi connectivity index (χ0v) is 29.1. The van der Waals surface area contributed by atoms with Gasteiger partial charge in [0.2, 0.25) is 5.79 Å². The van der Waals surface area contributed by atoms with Crippen molar-refractivity contribution in [3.63, 3.8) is 0 Å². The van der Waals surface area contributed by atoms with Gasteiger partial charge in [-0.1, -0.05) is 43.1 Å². The molecule has 47 heavy (non-hydrogen) atoms. The molecule has 2 aromatic rings. The van der Waals surface area contributed by atoms with E-state index in [0.29, 0.717) is 26.2 Å². The maximum absolute atomic E-state index is 9.77. The van der Waals surface area contributed by atoms with Crippen molar-refractivity contribution in [2.24, 2.45) is 22.9 Å². The lowest BCUT2D eigenvalue weighted by Crippen LogP contribution is -2.64. The minimum absolute atomic E-state index is 0.0168. The first kappa shape index (κ1) is 35.5. The Hall–Kier alpha value is -2.85. The first-order chi connectivity index (χ1) is 23.0. The highest BCUT2D eigenvalue weighted by atomic mass is 32.2. The Kier molecular flexibility index (Phi) is 12.8. The normalized spacial score (nSPS) is 27.0. The minimum atomic E-state index is -0.928. The van der Waals surface area contributed by atoms with Gasteiger partial charge in [-0.15, -0.1) is 6.58 Å². The van der Waals surface area contributed by atoms with Crippen molar-refractivity contribution < 1.29 is 29.3 Å². The summed E-state index contributed by atoms with van der Waals surface area (Å²) in [7, 11) is 0. The summed E-state index contributed by atoms with van der Waals surface area (Å²) in [6, 6.07) is 12.2. The zero-order valence-electron chi connectivity index (χ0n) is 28.2. The monoisotopic (exact) mass is 664 g/mol. The van der Waals surface area contributed by atoms with Crippen molar-refractivity contribution in [3.8, 4) is 11.5 Å². The van der Waals surface area contributed by atoms with E-state index < -0.39 is 5.79 Å². The molecular formula is C38H52N2O6S. The van der Waals surface area contributed by atoms with Crippen LogP contribution < -0.4 is 9.47 Å². The highest BCUT2D eigenvalue weighted by Crippen LogP contribution is 2.62. The third kappa shape index (κ3) is 7.90. The summed E-state index contributed by atoms with van der Waals surface area (Å²) >= 11 is 1.85. The molecule has 2 N–H and O–H groups in total. The van der Waals surface area contributed by atoms with Crippen LogP contribution in [0.25, 0.3) is 0 Å². The number of hydrogen-bond donors (Lipinski definition) is 2. The number of oxime groups is 1. The summed E-state index contributed by atoms with van der Waals surface area (Å²) in [5, 5.41) is 24.2. The Morgan fingerprint density at radius 1 is 1.11 bits per heavy atom. The van der Waals surface area contributed by atoms with Crippen molar-refractivity contribution in [2.75, 3.05) is 32.2 Å². The summed E-state index contributed by atoms with van der Waals surface area (Å²) < 4.78 is 20.4. The maximum Gasteiger partial charge on any atom is 0.230 e. The minimum Gasteiger partial charge on any atom is -0.487 e. The topological polar surface area (TPSA) is 103 Å². The number of ether oxygens (including phenoxy) is 3. The third-order valence-corrected chi connectivity index (χ3v) is 10.9. The van der Waals surface area contributed by atoms with Gasteiger partial charge in [-0.25, -0.2) is 0 Å². The van der Waals surface area contributed by atoms with Gasteiger partial charge in [0.05, 0.1) is 29.2 Å². The van der Waals surface area contributed by atoms with E-state index in [2.05, 4.69) is 30.6 Å². The average molecular weight is 665 g/mol. The van der Waals surface area contributed by atoms with Gasteiger partial charge in [0.15, 0.2) is 0 Å². The molecule has 256 valence electrons. The van der Waals surface area contributed by atoms with Crippen LogP contribution in [0.1, 0.15) is 81.7 Å². The predicted octanol–water partition coefficient (Wildman–Crippen LogP) is 7.38. The van der Waals surface area contributed by atoms with E-state index in [1.807, 2.05) is 55.9 Å². The molecule has 1 aromatic heterocycles. The number of aromatic nitrogens is 1. The van der Waals surface area contributed by atoms with Crippen LogP contribution in [0, 0.1) is 24.7 Å². The Morgan fingerprint density at radius 2 is 1.91 bits per heavy atom. The molecule has 0 saturated heterocycles. The molecule has 0 amide bonds. The number of hydrogen-bond acceptors (Lipinski definition) is 9. The smallest absolute Gasteiger partial charge is 0.230 e. The summed E-state index contributed by atoms with van der Waals surface area (Å²) in [6.07, 6.45) is 10.2. The molecule has 5 rings (SSSR count). The lowest BCUT2D eigenvalue weighted by atomic mass is 9.56. The molecule has 0 unspecified atom stereocenters. The van der Waals surface area contributed by atoms with Gasteiger partial charge < -0.3 is 29.3 Å². The van der Waals surface area contributed by atoms with Crippen LogP contribution in [0.15, 0.2) is 65.9 Å². The summed E-state index contributed by atoms with van der Waals surface area (Å²) in [5.41, 5.74) is 5.08. The highest BCUT2D eigenvalue weighted by Gasteiger charge is 2.63. The molecule has 0 bridgehead atoms. The van der Waals surface area contributed by atoms with Crippen LogP contribution in [0.4, 0.5) is 0 Å². The quantitative estimate of drug-likeness (QED) is 0.0968. The molecular weight excluding hydrogens is 612 g/mol. The Bertz CT molecular complexity index is 1400. The number of aliphatic hydroxyl groups is 2. The van der Waals surface area contributed by atoms with E-state index in [4.69, 9.17) is 24.2 Å². The number of benzene rings is 1. The second-order valence-corrected chi connectivity index (χ2v) is 14.2. The molecule has 1 aromatic carbocycles. The van der Waals surface area contributed by atoms with Crippen molar-refractivity contribution >= 4 is 17.5 Å². The van der Waals surface area contributed by atoms with Gasteiger partial charge in [0, 0.05) is 36.8 Å². The molecule has 0 spiro atoms. The molecule has 1 saturated carbocycles. The first-order valence-electron chi connectivity index (χ1n) is 17.4. The SMILES string of the molecule is C=CCO[C@@]12Oc3ccc(OCc4cccc(C)n4)cc3[C@H]3[C@H](CCCCO)[C@@H](CCCCO)C=C(C(=NOCC)C[C@@H]1SCC)[C@H]32. The van der Waals surface area contributed by atoms with E-state index in [0.717, 1.165) is 84.0 Å². The second kappa shape index (κ2) is 17.0. The van der Waals surface area contributed by atoms with Gasteiger partial charge in [0.1, 0.15) is 24.7 Å². The fraction of sp³-hybridized carbons (Fsp3) is 0.579. The number of nitrogens with zero attached hydrogens (tertiary/aromatic N) is 2. The molecule has 1 aliphatic heterocycles. The summed E-state index contributed by atoms with van der Waals surface area (Å²) in [5.74, 6) is 2.01. The fourth-order valence-corrected chi connectivity index (χ4v) is 8.92. The lowest BCUT2D eigenvalue weighted by molar-refractivity contribution is -0.223. The standard InChI is InChI=1S/C38H52N2O6S/c1-5-21-44-38-35(47-7-3)24-33(40-45-6-2)31-22-27(14-8-10-19-41)30(16-9-11-20-42)36(37(31)38)32-23-29(17-18-34(32)46-38)43-25-28-15-12-13-26(4)39-28/h5,12-13,15,17-18,22-23,27,30,35-37,41-42H,1,6-11,14,16,19-21,24-25H2,2-4H3/t27-,30+,35-,36+,37+,38+/m0/s1. The largest absolute Gasteiger partial charge is 0.487 e. The first-order valence-corrected chi connectivity index (χ1v) is 18.4. The number of aryl methyl sites for hydroxylation is 1. The van der Waals surface area contributed by atoms with Gasteiger partial charge >= 0.3 is 0 Å². The Labute approximate surface area is 284 Å². The number of thioether (sulfide) groups is 1. The molecule has 2 aliphatic carbocycles. The summed E-state index contributed by atoms with van der Waals surface area (Å²) in [6.45, 7) is 11.7. The van der Waals surface area contributed by atoms with E-state index in [-0.39, 0.29) is 42.1 Å². The second-order valence-electron chi connectivity index (χ2n) is 12.7. The molecule has 0 radical (unpaired) electrons. The van der Waals surface area contributed by atoms with Crippen LogP contribution in [0.2, 0.25) is 0 Å². The predicted molar refractivity (Wildman–Crippen MR) is 188 cm³/mol. The van der Waals surface area contributed by atoms with Crippen molar-refractivity contribution in [3.05, 3.63) is 77.7 Å². The number of rotatable bonds is 18. The van der Waals surface area contributed by atoms with Crippen molar-refractivity contribution in [2.45, 2.75) is 89.3 Å². The van der Waals surface area contributed by atoms with Crippen LogP contribution in [0.3, 0.4) is 0 Å². The van der Waals surface area contributed by atoms with Gasteiger partial charge in [0.25, 0.3) is 0 Å².